The highest BCUT2D eigenvalue weighted by Crippen LogP contribution is 2.31. The van der Waals surface area contributed by atoms with Gasteiger partial charge in [0.1, 0.15) is 0 Å². The third-order valence-electron chi connectivity index (χ3n) is 3.84. The molecule has 1 atom stereocenters. The van der Waals surface area contributed by atoms with Crippen LogP contribution in [0.1, 0.15) is 29.0 Å². The number of benzene rings is 1. The van der Waals surface area contributed by atoms with Gasteiger partial charge < -0.3 is 11.1 Å². The van der Waals surface area contributed by atoms with Gasteiger partial charge in [-0.2, -0.15) is 0 Å². The van der Waals surface area contributed by atoms with Crippen LogP contribution in [0.3, 0.4) is 0 Å². The topological polar surface area (TPSA) is 85.8 Å². The van der Waals surface area contributed by atoms with Gasteiger partial charge in [-0.3, -0.25) is 4.79 Å². The van der Waals surface area contributed by atoms with Gasteiger partial charge in [0.05, 0.1) is 11.4 Å². The lowest BCUT2D eigenvalue weighted by atomic mass is 10.2. The Bertz CT molecular complexity index is 639. The van der Waals surface area contributed by atoms with E-state index < -0.39 is 0 Å². The molecule has 1 aliphatic carbocycles. The molecule has 118 valence electrons. The fraction of sp³-hybridized carbons (Fsp3) is 0.400. The maximum Gasteiger partial charge on any atom is 0.273 e. The minimum atomic E-state index is -0.217. The number of hydrogen-bond acceptors (Lipinski definition) is 4. The number of hydrogen-bond donors (Lipinski definition) is 2. The van der Waals surface area contributed by atoms with Crippen LogP contribution >= 0.6 is 12.4 Å². The molecule has 0 radical (unpaired) electrons. The van der Waals surface area contributed by atoms with Crippen LogP contribution in [0.15, 0.2) is 30.3 Å². The summed E-state index contributed by atoms with van der Waals surface area (Å²) < 4.78 is 1.66. The van der Waals surface area contributed by atoms with E-state index in [0.29, 0.717) is 18.2 Å². The molecule has 1 aromatic heterocycles. The maximum atomic E-state index is 12.2. The van der Waals surface area contributed by atoms with E-state index in [1.54, 1.807) is 4.68 Å². The number of carbonyl (C=O) groups excluding carboxylic acids is 1. The van der Waals surface area contributed by atoms with E-state index in [-0.39, 0.29) is 24.4 Å². The number of para-hydroxylation sites is 1. The summed E-state index contributed by atoms with van der Waals surface area (Å²) in [6.07, 6.45) is 2.33. The van der Waals surface area contributed by atoms with Crippen LogP contribution < -0.4 is 11.1 Å². The molecular weight excluding hydrogens is 302 g/mol. The molecule has 7 heteroatoms. The highest BCUT2D eigenvalue weighted by atomic mass is 35.5. The number of nitrogens with zero attached hydrogens (tertiary/aromatic N) is 3. The predicted octanol–water partition coefficient (Wildman–Crippen LogP) is 1.46. The van der Waals surface area contributed by atoms with Gasteiger partial charge in [0.15, 0.2) is 5.69 Å². The summed E-state index contributed by atoms with van der Waals surface area (Å²) in [5, 5.41) is 10.9. The van der Waals surface area contributed by atoms with E-state index in [1.807, 2.05) is 37.3 Å². The molecule has 0 bridgehead atoms. The van der Waals surface area contributed by atoms with Crippen LogP contribution in [-0.4, -0.2) is 33.5 Å². The van der Waals surface area contributed by atoms with Gasteiger partial charge in [0, 0.05) is 12.6 Å². The first-order valence-corrected chi connectivity index (χ1v) is 7.18. The van der Waals surface area contributed by atoms with Crippen LogP contribution in [0.4, 0.5) is 0 Å². The molecule has 3 N–H and O–H groups in total. The summed E-state index contributed by atoms with van der Waals surface area (Å²) in [6.45, 7) is 2.32. The van der Waals surface area contributed by atoms with Crippen molar-refractivity contribution in [1.82, 2.24) is 20.3 Å². The normalized spacial score (nSPS) is 15.0. The van der Waals surface area contributed by atoms with Crippen LogP contribution in [0.5, 0.6) is 0 Å². The SMILES string of the molecule is Cc1c(C(=O)NCC(N)C2CC2)nnn1-c1ccccc1.Cl. The lowest BCUT2D eigenvalue weighted by molar-refractivity contribution is 0.0944. The molecule has 6 nitrogen and oxygen atoms in total. The van der Waals surface area contributed by atoms with Crippen molar-refractivity contribution in [3.05, 3.63) is 41.7 Å². The Morgan fingerprint density at radius 1 is 1.41 bits per heavy atom. The molecule has 1 unspecified atom stereocenters. The molecule has 1 aliphatic rings. The monoisotopic (exact) mass is 321 g/mol. The zero-order valence-electron chi connectivity index (χ0n) is 12.4. The van der Waals surface area contributed by atoms with Gasteiger partial charge in [-0.05, 0) is 37.8 Å². The predicted molar refractivity (Wildman–Crippen MR) is 86.4 cm³/mol. The van der Waals surface area contributed by atoms with Crippen molar-refractivity contribution in [3.8, 4) is 5.69 Å². The van der Waals surface area contributed by atoms with Gasteiger partial charge >= 0.3 is 0 Å². The molecule has 1 amide bonds. The molecule has 0 spiro atoms. The fourth-order valence-electron chi connectivity index (χ4n) is 2.34. The van der Waals surface area contributed by atoms with Crippen LogP contribution in [0.25, 0.3) is 5.69 Å². The van der Waals surface area contributed by atoms with Crippen molar-refractivity contribution >= 4 is 18.3 Å². The minimum Gasteiger partial charge on any atom is -0.349 e. The number of aromatic nitrogens is 3. The van der Waals surface area contributed by atoms with Gasteiger partial charge in [-0.1, -0.05) is 23.4 Å². The highest BCUT2D eigenvalue weighted by molar-refractivity contribution is 5.93. The summed E-state index contributed by atoms with van der Waals surface area (Å²) in [4.78, 5) is 12.2. The highest BCUT2D eigenvalue weighted by Gasteiger charge is 2.29. The minimum absolute atomic E-state index is 0. The molecule has 0 aliphatic heterocycles. The zero-order chi connectivity index (χ0) is 14.8. The number of nitrogens with two attached hydrogens (primary N) is 1. The second-order valence-electron chi connectivity index (χ2n) is 5.48. The fourth-order valence-corrected chi connectivity index (χ4v) is 2.34. The third-order valence-corrected chi connectivity index (χ3v) is 3.84. The Morgan fingerprint density at radius 2 is 2.09 bits per heavy atom. The van der Waals surface area contributed by atoms with Crippen LogP contribution in [-0.2, 0) is 0 Å². The second kappa shape index (κ2) is 6.89. The van der Waals surface area contributed by atoms with E-state index >= 15 is 0 Å². The third kappa shape index (κ3) is 3.45. The van der Waals surface area contributed by atoms with E-state index in [1.165, 1.54) is 12.8 Å². The summed E-state index contributed by atoms with van der Waals surface area (Å²) in [5.41, 5.74) is 7.94. The van der Waals surface area contributed by atoms with E-state index in [4.69, 9.17) is 5.73 Å². The molecule has 2 aromatic rings. The maximum absolute atomic E-state index is 12.2. The van der Waals surface area contributed by atoms with Crippen molar-refractivity contribution in [3.63, 3.8) is 0 Å². The average molecular weight is 322 g/mol. The first-order chi connectivity index (χ1) is 10.2. The molecule has 1 heterocycles. The van der Waals surface area contributed by atoms with E-state index in [9.17, 15) is 4.79 Å². The Hall–Kier alpha value is -1.92. The van der Waals surface area contributed by atoms with Gasteiger partial charge in [-0.25, -0.2) is 4.68 Å². The number of amides is 1. The van der Waals surface area contributed by atoms with Crippen LogP contribution in [0, 0.1) is 12.8 Å². The van der Waals surface area contributed by atoms with E-state index in [2.05, 4.69) is 15.6 Å². The number of rotatable bonds is 5. The first-order valence-electron chi connectivity index (χ1n) is 7.18. The number of nitrogens with one attached hydrogen (secondary N) is 1. The van der Waals surface area contributed by atoms with Crippen molar-refractivity contribution in [2.75, 3.05) is 6.54 Å². The summed E-state index contributed by atoms with van der Waals surface area (Å²) >= 11 is 0. The quantitative estimate of drug-likeness (QED) is 0.873. The summed E-state index contributed by atoms with van der Waals surface area (Å²) in [7, 11) is 0. The number of halogens is 1. The standard InChI is InChI=1S/C15H19N5O.ClH/c1-10-14(15(21)17-9-13(16)11-7-8-11)18-19-20(10)12-5-3-2-4-6-12;/h2-6,11,13H,7-9,16H2,1H3,(H,17,21);1H. The molecule has 0 saturated heterocycles. The van der Waals surface area contributed by atoms with Crippen molar-refractivity contribution < 1.29 is 4.79 Å². The molecule has 1 aromatic carbocycles. The number of carbonyl (C=O) groups is 1. The first kappa shape index (κ1) is 16.5. The average Bonchev–Trinajstić information content (AvgIpc) is 3.28. The molecule has 22 heavy (non-hydrogen) atoms. The largest absolute Gasteiger partial charge is 0.349 e. The molecule has 3 rings (SSSR count). The van der Waals surface area contributed by atoms with Crippen molar-refractivity contribution in [2.45, 2.75) is 25.8 Å². The lowest BCUT2D eigenvalue weighted by Crippen LogP contribution is -2.38. The van der Waals surface area contributed by atoms with Crippen LogP contribution in [0.2, 0.25) is 0 Å². The van der Waals surface area contributed by atoms with Crippen molar-refractivity contribution in [1.29, 1.82) is 0 Å². The van der Waals surface area contributed by atoms with Gasteiger partial charge in [0.2, 0.25) is 0 Å². The smallest absolute Gasteiger partial charge is 0.273 e. The molecule has 1 fully saturated rings. The van der Waals surface area contributed by atoms with Gasteiger partial charge in [0.25, 0.3) is 5.91 Å². The Labute approximate surface area is 135 Å². The summed E-state index contributed by atoms with van der Waals surface area (Å²) in [5.74, 6) is 0.345. The Morgan fingerprint density at radius 3 is 2.73 bits per heavy atom. The second-order valence-corrected chi connectivity index (χ2v) is 5.48. The van der Waals surface area contributed by atoms with Crippen molar-refractivity contribution in [2.24, 2.45) is 11.7 Å². The zero-order valence-corrected chi connectivity index (χ0v) is 13.2. The van der Waals surface area contributed by atoms with E-state index in [0.717, 1.165) is 11.4 Å². The molecule has 1 saturated carbocycles. The lowest BCUT2D eigenvalue weighted by Gasteiger charge is -2.10. The Kier molecular flexibility index (Phi) is 5.15. The molecular formula is C15H20ClN5O. The van der Waals surface area contributed by atoms with Gasteiger partial charge in [-0.15, -0.1) is 17.5 Å². The Balaban J connectivity index is 0.00000176. The summed E-state index contributed by atoms with van der Waals surface area (Å²) in [6, 6.07) is 9.66.